The maximum Gasteiger partial charge on any atom is 0.325 e. The van der Waals surface area contributed by atoms with Crippen LogP contribution >= 0.6 is 34.8 Å². The van der Waals surface area contributed by atoms with E-state index in [1.54, 1.807) is 36.7 Å². The number of rotatable bonds is 4. The Labute approximate surface area is 120 Å². The quantitative estimate of drug-likeness (QED) is 0.663. The smallest absolute Gasteiger partial charge is 0.325 e. The minimum Gasteiger partial charge on any atom is -0.442 e. The highest BCUT2D eigenvalue weighted by molar-refractivity contribution is 6.45. The van der Waals surface area contributed by atoms with Crippen molar-refractivity contribution in [3.63, 3.8) is 0 Å². The van der Waals surface area contributed by atoms with Crippen molar-refractivity contribution in [3.8, 4) is 5.75 Å². The van der Waals surface area contributed by atoms with E-state index in [1.165, 1.54) is 11.6 Å². The number of aliphatic hydroxyl groups is 1. The average Bonchev–Trinajstić information content (AvgIpc) is 2.86. The predicted molar refractivity (Wildman–Crippen MR) is 70.9 cm³/mol. The molecule has 1 atom stereocenters. The minimum atomic E-state index is -1.91. The Balaban J connectivity index is 2.20. The van der Waals surface area contributed by atoms with Gasteiger partial charge in [0.2, 0.25) is 0 Å². The Morgan fingerprint density at radius 1 is 1.28 bits per heavy atom. The van der Waals surface area contributed by atoms with Crippen LogP contribution in [-0.2, 0) is 0 Å². The normalized spacial score (nSPS) is 17.7. The summed E-state index contributed by atoms with van der Waals surface area (Å²) in [6.07, 6.45) is 3.15. The van der Waals surface area contributed by atoms with Crippen molar-refractivity contribution in [1.29, 1.82) is 0 Å². The average molecular weight is 309 g/mol. The van der Waals surface area contributed by atoms with Crippen molar-refractivity contribution in [2.75, 3.05) is 0 Å². The van der Waals surface area contributed by atoms with Crippen molar-refractivity contribution >= 4 is 34.8 Å². The maximum absolute atomic E-state index is 10.4. The molecule has 97 valence electrons. The molecule has 0 aromatic heterocycles. The summed E-state index contributed by atoms with van der Waals surface area (Å²) in [5.74, 6) is -1.52. The molecule has 2 rings (SSSR count). The SMILES string of the molecule is OC(Oc1ccc(Cl)cc1)(C(Cl)Cl)N1[CH]NC=C1. The Hall–Kier alpha value is -0.810. The lowest BCUT2D eigenvalue weighted by atomic mass is 10.3. The first-order chi connectivity index (χ1) is 8.52. The van der Waals surface area contributed by atoms with E-state index in [9.17, 15) is 5.11 Å². The fraction of sp³-hybridized carbons (Fsp3) is 0.182. The Kier molecular flexibility index (Phi) is 4.12. The summed E-state index contributed by atoms with van der Waals surface area (Å²) in [7, 11) is 0. The van der Waals surface area contributed by atoms with Gasteiger partial charge in [0.1, 0.15) is 12.4 Å². The van der Waals surface area contributed by atoms with Crippen LogP contribution in [0.3, 0.4) is 0 Å². The zero-order valence-electron chi connectivity index (χ0n) is 9.06. The van der Waals surface area contributed by atoms with E-state index < -0.39 is 10.7 Å². The van der Waals surface area contributed by atoms with Gasteiger partial charge < -0.3 is 15.2 Å². The number of ether oxygens (including phenoxy) is 1. The van der Waals surface area contributed by atoms with E-state index in [2.05, 4.69) is 5.32 Å². The van der Waals surface area contributed by atoms with Gasteiger partial charge in [-0.25, -0.2) is 0 Å². The van der Waals surface area contributed by atoms with Crippen molar-refractivity contribution in [2.24, 2.45) is 0 Å². The summed E-state index contributed by atoms with van der Waals surface area (Å²) in [5.41, 5.74) is 0. The largest absolute Gasteiger partial charge is 0.442 e. The third-order valence-corrected chi connectivity index (χ3v) is 3.10. The molecule has 1 heterocycles. The highest BCUT2D eigenvalue weighted by Gasteiger charge is 2.43. The van der Waals surface area contributed by atoms with Crippen LogP contribution in [0.25, 0.3) is 0 Å². The van der Waals surface area contributed by atoms with Crippen LogP contribution in [0.4, 0.5) is 0 Å². The second kappa shape index (κ2) is 5.45. The number of nitrogens with one attached hydrogen (secondary N) is 1. The van der Waals surface area contributed by atoms with Gasteiger partial charge in [0.25, 0.3) is 0 Å². The molecule has 1 aliphatic rings. The van der Waals surface area contributed by atoms with E-state index in [4.69, 9.17) is 39.5 Å². The number of halogens is 3. The van der Waals surface area contributed by atoms with Gasteiger partial charge in [0.15, 0.2) is 4.84 Å². The molecule has 0 saturated carbocycles. The summed E-state index contributed by atoms with van der Waals surface area (Å²) in [4.78, 5) is 0.140. The highest BCUT2D eigenvalue weighted by atomic mass is 35.5. The molecule has 0 amide bonds. The van der Waals surface area contributed by atoms with Gasteiger partial charge in [-0.05, 0) is 24.3 Å². The lowest BCUT2D eigenvalue weighted by Crippen LogP contribution is -2.54. The molecule has 4 nitrogen and oxygen atoms in total. The number of nitrogens with zero attached hydrogens (tertiary/aromatic N) is 1. The molecule has 0 aliphatic carbocycles. The molecular weight excluding hydrogens is 298 g/mol. The van der Waals surface area contributed by atoms with Crippen molar-refractivity contribution in [3.05, 3.63) is 48.4 Å². The van der Waals surface area contributed by atoms with Gasteiger partial charge in [-0.1, -0.05) is 34.8 Å². The summed E-state index contributed by atoms with van der Waals surface area (Å²) < 4.78 is 5.44. The van der Waals surface area contributed by atoms with E-state index in [1.807, 2.05) is 0 Å². The molecule has 18 heavy (non-hydrogen) atoms. The number of hydrogen-bond acceptors (Lipinski definition) is 4. The number of alkyl halides is 2. The molecular formula is C11H10Cl3N2O2. The predicted octanol–water partition coefficient (Wildman–Crippen LogP) is 2.66. The molecule has 0 fully saturated rings. The van der Waals surface area contributed by atoms with Gasteiger partial charge >= 0.3 is 5.91 Å². The Bertz CT molecular complexity index is 438. The fourth-order valence-corrected chi connectivity index (χ4v) is 1.82. The van der Waals surface area contributed by atoms with Crippen molar-refractivity contribution < 1.29 is 9.84 Å². The highest BCUT2D eigenvalue weighted by Crippen LogP contribution is 2.31. The molecule has 1 aromatic rings. The van der Waals surface area contributed by atoms with Crippen LogP contribution in [0.2, 0.25) is 5.02 Å². The third kappa shape index (κ3) is 2.78. The van der Waals surface area contributed by atoms with E-state index in [-0.39, 0.29) is 0 Å². The second-order valence-electron chi connectivity index (χ2n) is 3.53. The number of benzene rings is 1. The lowest BCUT2D eigenvalue weighted by molar-refractivity contribution is -0.206. The Morgan fingerprint density at radius 3 is 2.44 bits per heavy atom. The first-order valence-electron chi connectivity index (χ1n) is 5.02. The first-order valence-corrected chi connectivity index (χ1v) is 6.27. The lowest BCUT2D eigenvalue weighted by Gasteiger charge is -2.36. The van der Waals surface area contributed by atoms with Crippen LogP contribution in [0.5, 0.6) is 5.75 Å². The topological polar surface area (TPSA) is 44.7 Å². The van der Waals surface area contributed by atoms with Gasteiger partial charge in [0.05, 0.1) is 0 Å². The molecule has 7 heteroatoms. The molecule has 1 aromatic carbocycles. The first kappa shape index (κ1) is 13.6. The minimum absolute atomic E-state index is 0.391. The van der Waals surface area contributed by atoms with Crippen molar-refractivity contribution in [1.82, 2.24) is 10.2 Å². The molecule has 2 N–H and O–H groups in total. The van der Waals surface area contributed by atoms with Gasteiger partial charge in [0, 0.05) is 17.4 Å². The molecule has 0 bridgehead atoms. The molecule has 1 unspecified atom stereocenters. The zero-order chi connectivity index (χ0) is 13.2. The van der Waals surface area contributed by atoms with Gasteiger partial charge in [-0.15, -0.1) is 0 Å². The summed E-state index contributed by atoms with van der Waals surface area (Å²) >= 11 is 17.3. The van der Waals surface area contributed by atoms with Crippen LogP contribution in [0.15, 0.2) is 36.7 Å². The van der Waals surface area contributed by atoms with Crippen molar-refractivity contribution in [2.45, 2.75) is 10.7 Å². The molecule has 0 saturated heterocycles. The maximum atomic E-state index is 10.4. The van der Waals surface area contributed by atoms with Crippen LogP contribution in [0, 0.1) is 6.67 Å². The molecule has 1 aliphatic heterocycles. The Morgan fingerprint density at radius 2 is 1.94 bits per heavy atom. The monoisotopic (exact) mass is 307 g/mol. The van der Waals surface area contributed by atoms with Gasteiger partial charge in [-0.2, -0.15) is 0 Å². The van der Waals surface area contributed by atoms with E-state index >= 15 is 0 Å². The van der Waals surface area contributed by atoms with Crippen LogP contribution in [-0.4, -0.2) is 20.8 Å². The standard InChI is InChI=1S/C11H10Cl3N2O2/c12-8-1-3-9(4-2-8)18-11(17,10(13)14)16-6-5-15-7-16/h1-7,10,15,17H. The fourth-order valence-electron chi connectivity index (χ4n) is 1.38. The molecule has 0 spiro atoms. The number of hydrogen-bond donors (Lipinski definition) is 2. The summed E-state index contributed by atoms with van der Waals surface area (Å²) in [6.45, 7) is 1.48. The van der Waals surface area contributed by atoms with E-state index in [0.717, 1.165) is 0 Å². The van der Waals surface area contributed by atoms with Gasteiger partial charge in [-0.3, -0.25) is 4.90 Å². The van der Waals surface area contributed by atoms with E-state index in [0.29, 0.717) is 10.8 Å². The molecule has 1 radical (unpaired) electrons. The second-order valence-corrected chi connectivity index (χ2v) is 5.07. The summed E-state index contributed by atoms with van der Waals surface area (Å²) in [5, 5.41) is 13.7. The summed E-state index contributed by atoms with van der Waals surface area (Å²) in [6, 6.07) is 6.49. The third-order valence-electron chi connectivity index (χ3n) is 2.28. The zero-order valence-corrected chi connectivity index (χ0v) is 11.3. The van der Waals surface area contributed by atoms with Crippen LogP contribution in [0.1, 0.15) is 0 Å². The van der Waals surface area contributed by atoms with Crippen LogP contribution < -0.4 is 10.1 Å².